The van der Waals surface area contributed by atoms with Crippen LogP contribution in [0.5, 0.6) is 11.5 Å². The van der Waals surface area contributed by atoms with Crippen molar-refractivity contribution in [3.8, 4) is 11.5 Å². The van der Waals surface area contributed by atoms with E-state index in [1.165, 1.54) is 11.1 Å². The Labute approximate surface area is 156 Å². The largest absolute Gasteiger partial charge is 0.497 e. The Bertz CT molecular complexity index is 812. The number of benzene rings is 2. The predicted octanol–water partition coefficient (Wildman–Crippen LogP) is 4.46. The fourth-order valence-electron chi connectivity index (χ4n) is 3.61. The first-order valence-electron chi connectivity index (χ1n) is 8.78. The highest BCUT2D eigenvalue weighted by molar-refractivity contribution is 5.97. The quantitative estimate of drug-likeness (QED) is 0.687. The molecule has 140 valence electrons. The van der Waals surface area contributed by atoms with Crippen molar-refractivity contribution in [3.05, 3.63) is 57.6 Å². The van der Waals surface area contributed by atoms with Gasteiger partial charge in [0.05, 0.1) is 14.2 Å². The van der Waals surface area contributed by atoms with Crippen LogP contribution in [0.25, 0.3) is 0 Å². The van der Waals surface area contributed by atoms with Crippen LogP contribution >= 0.6 is 0 Å². The van der Waals surface area contributed by atoms with Crippen molar-refractivity contribution in [1.82, 2.24) is 4.90 Å². The van der Waals surface area contributed by atoms with Crippen LogP contribution in [0.2, 0.25) is 0 Å². The van der Waals surface area contributed by atoms with Gasteiger partial charge in [-0.05, 0) is 63.1 Å². The number of nitrogens with zero attached hydrogens (tertiary/aromatic N) is 1. The van der Waals surface area contributed by atoms with Crippen LogP contribution < -0.4 is 9.47 Å². The lowest BCUT2D eigenvalue weighted by Gasteiger charge is -2.23. The lowest BCUT2D eigenvalue weighted by molar-refractivity contribution is 0.101. The molecule has 4 nitrogen and oxygen atoms in total. The fourth-order valence-corrected chi connectivity index (χ4v) is 3.61. The van der Waals surface area contributed by atoms with Gasteiger partial charge in [-0.1, -0.05) is 12.1 Å². The van der Waals surface area contributed by atoms with Crippen LogP contribution in [0.3, 0.4) is 0 Å². The van der Waals surface area contributed by atoms with E-state index in [1.54, 1.807) is 21.1 Å². The van der Waals surface area contributed by atoms with Gasteiger partial charge in [-0.15, -0.1) is 0 Å². The second-order valence-electron chi connectivity index (χ2n) is 6.90. The molecule has 2 aromatic rings. The molecule has 0 aliphatic rings. The zero-order chi connectivity index (χ0) is 19.4. The molecule has 0 atom stereocenters. The van der Waals surface area contributed by atoms with Gasteiger partial charge in [0.25, 0.3) is 0 Å². The summed E-state index contributed by atoms with van der Waals surface area (Å²) in [6.07, 6.45) is 0. The van der Waals surface area contributed by atoms with Crippen molar-refractivity contribution in [2.24, 2.45) is 0 Å². The second kappa shape index (κ2) is 8.37. The summed E-state index contributed by atoms with van der Waals surface area (Å²) in [6, 6.07) is 7.99. The summed E-state index contributed by atoms with van der Waals surface area (Å²) >= 11 is 0. The number of ether oxygens (including phenoxy) is 2. The van der Waals surface area contributed by atoms with E-state index in [0.717, 1.165) is 46.8 Å². The highest BCUT2D eigenvalue weighted by Gasteiger charge is 2.16. The molecule has 0 radical (unpaired) electrons. The van der Waals surface area contributed by atoms with Gasteiger partial charge in [0.2, 0.25) is 0 Å². The Kier molecular flexibility index (Phi) is 6.43. The lowest BCUT2D eigenvalue weighted by atomic mass is 9.91. The van der Waals surface area contributed by atoms with Crippen LogP contribution in [0.15, 0.2) is 24.3 Å². The summed E-state index contributed by atoms with van der Waals surface area (Å²) in [5.41, 5.74) is 6.53. The fraction of sp³-hybridized carbons (Fsp3) is 0.409. The van der Waals surface area contributed by atoms with Crippen LogP contribution in [0.1, 0.15) is 45.1 Å². The molecule has 0 unspecified atom stereocenters. The first kappa shape index (κ1) is 20.0. The number of aryl methyl sites for hydroxylation is 2. The minimum absolute atomic E-state index is 0.126. The molecule has 0 aliphatic carbocycles. The molecule has 0 N–H and O–H groups in total. The molecule has 2 rings (SSSR count). The molecule has 4 heteroatoms. The van der Waals surface area contributed by atoms with Gasteiger partial charge < -0.3 is 9.47 Å². The van der Waals surface area contributed by atoms with Gasteiger partial charge in [0.15, 0.2) is 5.78 Å². The van der Waals surface area contributed by atoms with Crippen molar-refractivity contribution in [3.63, 3.8) is 0 Å². The van der Waals surface area contributed by atoms with Crippen molar-refractivity contribution in [2.75, 3.05) is 21.3 Å². The van der Waals surface area contributed by atoms with Crippen LogP contribution in [0, 0.1) is 20.8 Å². The highest BCUT2D eigenvalue weighted by atomic mass is 16.5. The van der Waals surface area contributed by atoms with Crippen LogP contribution in [0.4, 0.5) is 0 Å². The van der Waals surface area contributed by atoms with Crippen LogP contribution in [-0.2, 0) is 13.1 Å². The van der Waals surface area contributed by atoms with Crippen molar-refractivity contribution < 1.29 is 14.3 Å². The summed E-state index contributed by atoms with van der Waals surface area (Å²) in [7, 11) is 5.40. The maximum atomic E-state index is 12.0. The molecule has 0 fully saturated rings. The Hall–Kier alpha value is -2.33. The van der Waals surface area contributed by atoms with E-state index in [1.807, 2.05) is 32.0 Å². The van der Waals surface area contributed by atoms with E-state index in [9.17, 15) is 4.79 Å². The summed E-state index contributed by atoms with van der Waals surface area (Å²) in [6.45, 7) is 9.32. The van der Waals surface area contributed by atoms with E-state index in [4.69, 9.17) is 9.47 Å². The standard InChI is InChI=1S/C22H29NO3/c1-14-10-15(2)22(17(4)24)16(3)20(14)13-23(5)12-18-8-9-19(25-6)11-21(18)26-7/h8-11H,12-13H2,1-7H3. The molecule has 0 bridgehead atoms. The summed E-state index contributed by atoms with van der Waals surface area (Å²) in [5, 5.41) is 0. The first-order chi connectivity index (χ1) is 12.3. The Balaban J connectivity index is 2.27. The number of hydrogen-bond donors (Lipinski definition) is 0. The lowest BCUT2D eigenvalue weighted by Crippen LogP contribution is -2.20. The maximum Gasteiger partial charge on any atom is 0.160 e. The topological polar surface area (TPSA) is 38.8 Å². The number of ketones is 1. The van der Waals surface area contributed by atoms with Gasteiger partial charge in [-0.3, -0.25) is 9.69 Å². The molecule has 2 aromatic carbocycles. The Morgan fingerprint density at radius 1 is 1.00 bits per heavy atom. The van der Waals surface area contributed by atoms with E-state index < -0.39 is 0 Å². The van der Waals surface area contributed by atoms with Gasteiger partial charge >= 0.3 is 0 Å². The normalized spacial score (nSPS) is 10.9. The van der Waals surface area contributed by atoms with Crippen molar-refractivity contribution in [2.45, 2.75) is 40.8 Å². The molecule has 0 aromatic heterocycles. The Morgan fingerprint density at radius 3 is 2.27 bits per heavy atom. The van der Waals surface area contributed by atoms with Gasteiger partial charge in [0.1, 0.15) is 11.5 Å². The molecule has 0 heterocycles. The summed E-state index contributed by atoms with van der Waals surface area (Å²) in [4.78, 5) is 14.3. The third kappa shape index (κ3) is 4.25. The predicted molar refractivity (Wildman–Crippen MR) is 105 cm³/mol. The molecule has 0 aliphatic heterocycles. The minimum Gasteiger partial charge on any atom is -0.497 e. The zero-order valence-electron chi connectivity index (χ0n) is 16.9. The summed E-state index contributed by atoms with van der Waals surface area (Å²) in [5.74, 6) is 1.73. The van der Waals surface area contributed by atoms with E-state index in [2.05, 4.69) is 24.9 Å². The number of hydrogen-bond acceptors (Lipinski definition) is 4. The molecule has 0 saturated heterocycles. The highest BCUT2D eigenvalue weighted by Crippen LogP contribution is 2.27. The molecule has 26 heavy (non-hydrogen) atoms. The van der Waals surface area contributed by atoms with Gasteiger partial charge in [0, 0.05) is 30.3 Å². The monoisotopic (exact) mass is 355 g/mol. The number of methoxy groups -OCH3 is 2. The third-order valence-corrected chi connectivity index (χ3v) is 4.85. The molecule has 0 amide bonds. The molecular weight excluding hydrogens is 326 g/mol. The zero-order valence-corrected chi connectivity index (χ0v) is 16.9. The summed E-state index contributed by atoms with van der Waals surface area (Å²) < 4.78 is 10.8. The number of Topliss-reactive ketones (excluding diaryl/α,β-unsaturated/α-hetero) is 1. The maximum absolute atomic E-state index is 12.0. The van der Waals surface area contributed by atoms with Gasteiger partial charge in [-0.25, -0.2) is 0 Å². The third-order valence-electron chi connectivity index (χ3n) is 4.85. The number of rotatable bonds is 7. The van der Waals surface area contributed by atoms with E-state index in [0.29, 0.717) is 0 Å². The molecule has 0 saturated carbocycles. The molecule has 0 spiro atoms. The van der Waals surface area contributed by atoms with E-state index >= 15 is 0 Å². The number of carbonyl (C=O) groups is 1. The SMILES string of the molecule is COc1ccc(CN(C)Cc2c(C)cc(C)c(C(C)=O)c2C)c(OC)c1. The Morgan fingerprint density at radius 2 is 1.69 bits per heavy atom. The first-order valence-corrected chi connectivity index (χ1v) is 8.78. The van der Waals surface area contributed by atoms with Crippen molar-refractivity contribution >= 4 is 5.78 Å². The number of carbonyl (C=O) groups excluding carboxylic acids is 1. The molecular formula is C22H29NO3. The second-order valence-corrected chi connectivity index (χ2v) is 6.90. The van der Waals surface area contributed by atoms with Crippen molar-refractivity contribution in [1.29, 1.82) is 0 Å². The van der Waals surface area contributed by atoms with Crippen LogP contribution in [-0.4, -0.2) is 32.0 Å². The average Bonchev–Trinajstić information content (AvgIpc) is 2.58. The average molecular weight is 355 g/mol. The van der Waals surface area contributed by atoms with Gasteiger partial charge in [-0.2, -0.15) is 0 Å². The van der Waals surface area contributed by atoms with E-state index in [-0.39, 0.29) is 5.78 Å². The smallest absolute Gasteiger partial charge is 0.160 e. The minimum atomic E-state index is 0.126.